The quantitative estimate of drug-likeness (QED) is 0.818. The summed E-state index contributed by atoms with van der Waals surface area (Å²) in [7, 11) is 1.53. The Morgan fingerprint density at radius 3 is 2.56 bits per heavy atom. The molecule has 0 radical (unpaired) electrons. The molecule has 1 unspecified atom stereocenters. The maximum Gasteiger partial charge on any atom is 0.239 e. The first kappa shape index (κ1) is 17.6. The molecule has 7 heteroatoms. The van der Waals surface area contributed by atoms with Crippen LogP contribution in [0, 0.1) is 5.92 Å². The zero-order valence-corrected chi connectivity index (χ0v) is 15.0. The van der Waals surface area contributed by atoms with Gasteiger partial charge >= 0.3 is 0 Å². The molecule has 25 heavy (non-hydrogen) atoms. The highest BCUT2D eigenvalue weighted by Crippen LogP contribution is 2.30. The van der Waals surface area contributed by atoms with Gasteiger partial charge in [-0.15, -0.1) is 0 Å². The number of benzene rings is 2. The molecule has 1 N–H and O–H groups in total. The van der Waals surface area contributed by atoms with Gasteiger partial charge in [0.05, 0.1) is 17.8 Å². The second kappa shape index (κ2) is 7.33. The third-order valence-electron chi connectivity index (χ3n) is 4.09. The number of ether oxygens (including phenoxy) is 1. The van der Waals surface area contributed by atoms with Gasteiger partial charge in [-0.25, -0.2) is 0 Å². The van der Waals surface area contributed by atoms with Gasteiger partial charge in [-0.05, 0) is 42.8 Å². The van der Waals surface area contributed by atoms with Crippen LogP contribution in [0.4, 0.5) is 11.4 Å². The molecule has 0 saturated carbocycles. The zero-order chi connectivity index (χ0) is 18.0. The summed E-state index contributed by atoms with van der Waals surface area (Å²) in [5, 5.41) is 3.67. The van der Waals surface area contributed by atoms with Gasteiger partial charge in [0.25, 0.3) is 0 Å². The smallest absolute Gasteiger partial charge is 0.239 e. The lowest BCUT2D eigenvalue weighted by atomic mass is 10.1. The van der Waals surface area contributed by atoms with E-state index in [0.29, 0.717) is 34.4 Å². The normalized spacial score (nSPS) is 16.8. The van der Waals surface area contributed by atoms with Crippen LogP contribution < -0.4 is 15.0 Å². The van der Waals surface area contributed by atoms with Crippen molar-refractivity contribution in [2.75, 3.05) is 23.9 Å². The highest BCUT2D eigenvalue weighted by atomic mass is 35.5. The molecule has 1 fully saturated rings. The first-order valence-electron chi connectivity index (χ1n) is 7.71. The van der Waals surface area contributed by atoms with Gasteiger partial charge in [-0.3, -0.25) is 9.59 Å². The summed E-state index contributed by atoms with van der Waals surface area (Å²) < 4.78 is 5.08. The number of carbonyl (C=O) groups excluding carboxylic acids is 2. The number of carbonyl (C=O) groups is 2. The van der Waals surface area contributed by atoms with Crippen molar-refractivity contribution in [2.45, 2.75) is 6.42 Å². The van der Waals surface area contributed by atoms with Gasteiger partial charge in [-0.2, -0.15) is 0 Å². The number of amides is 2. The van der Waals surface area contributed by atoms with Crippen molar-refractivity contribution in [3.8, 4) is 5.75 Å². The summed E-state index contributed by atoms with van der Waals surface area (Å²) in [6, 6.07) is 11.9. The van der Waals surface area contributed by atoms with E-state index in [2.05, 4.69) is 5.32 Å². The van der Waals surface area contributed by atoms with Gasteiger partial charge in [0.1, 0.15) is 11.7 Å². The van der Waals surface area contributed by atoms with E-state index in [4.69, 9.17) is 27.9 Å². The zero-order valence-electron chi connectivity index (χ0n) is 13.5. The SMILES string of the molecule is COc1ccc(NC(=O)C2CCN(c3ccc(Cl)cc3)C2=O)c(Cl)c1. The number of anilines is 2. The molecular weight excluding hydrogens is 363 g/mol. The van der Waals surface area contributed by atoms with Crippen molar-refractivity contribution in [1.29, 1.82) is 0 Å². The molecule has 1 aliphatic rings. The van der Waals surface area contributed by atoms with Gasteiger partial charge in [0.15, 0.2) is 0 Å². The number of hydrogen-bond acceptors (Lipinski definition) is 3. The second-order valence-electron chi connectivity index (χ2n) is 5.64. The molecule has 1 saturated heterocycles. The second-order valence-corrected chi connectivity index (χ2v) is 6.49. The molecule has 3 rings (SSSR count). The minimum atomic E-state index is -0.742. The van der Waals surface area contributed by atoms with Gasteiger partial charge in [-0.1, -0.05) is 23.2 Å². The molecule has 0 aromatic heterocycles. The molecule has 2 amide bonds. The van der Waals surface area contributed by atoms with Crippen molar-refractivity contribution >= 4 is 46.4 Å². The number of rotatable bonds is 4. The molecule has 1 heterocycles. The lowest BCUT2D eigenvalue weighted by molar-refractivity contribution is -0.129. The van der Waals surface area contributed by atoms with E-state index in [1.807, 2.05) is 0 Å². The highest BCUT2D eigenvalue weighted by Gasteiger charge is 2.37. The molecule has 1 atom stereocenters. The third-order valence-corrected chi connectivity index (χ3v) is 4.66. The maximum absolute atomic E-state index is 12.6. The Bertz CT molecular complexity index is 808. The van der Waals surface area contributed by atoms with Gasteiger partial charge in [0, 0.05) is 23.3 Å². The van der Waals surface area contributed by atoms with Gasteiger partial charge < -0.3 is 15.0 Å². The Morgan fingerprint density at radius 2 is 1.92 bits per heavy atom. The Hall–Kier alpha value is -2.24. The lowest BCUT2D eigenvalue weighted by Crippen LogP contribution is -2.33. The molecular formula is C18H16Cl2N2O3. The summed E-state index contributed by atoms with van der Waals surface area (Å²) >= 11 is 12.0. The van der Waals surface area contributed by atoms with Crippen LogP contribution in [0.3, 0.4) is 0 Å². The molecule has 0 aliphatic carbocycles. The van der Waals surface area contributed by atoms with Crippen LogP contribution in [-0.2, 0) is 9.59 Å². The third kappa shape index (κ3) is 3.72. The minimum absolute atomic E-state index is 0.232. The van der Waals surface area contributed by atoms with Crippen LogP contribution in [0.1, 0.15) is 6.42 Å². The molecule has 0 bridgehead atoms. The monoisotopic (exact) mass is 378 g/mol. The van der Waals surface area contributed by atoms with Crippen molar-refractivity contribution < 1.29 is 14.3 Å². The lowest BCUT2D eigenvalue weighted by Gasteiger charge is -2.17. The summed E-state index contributed by atoms with van der Waals surface area (Å²) in [6.45, 7) is 0.481. The standard InChI is InChI=1S/C18H16Cl2N2O3/c1-25-13-6-7-16(15(20)10-13)21-17(23)14-8-9-22(18(14)24)12-4-2-11(19)3-5-12/h2-7,10,14H,8-9H2,1H3,(H,21,23). The minimum Gasteiger partial charge on any atom is -0.497 e. The fourth-order valence-corrected chi connectivity index (χ4v) is 3.09. The Morgan fingerprint density at radius 1 is 1.20 bits per heavy atom. The van der Waals surface area contributed by atoms with Crippen molar-refractivity contribution in [1.82, 2.24) is 0 Å². The Labute approximate surface area is 155 Å². The maximum atomic E-state index is 12.6. The average molecular weight is 379 g/mol. The molecule has 1 aliphatic heterocycles. The number of nitrogens with zero attached hydrogens (tertiary/aromatic N) is 1. The van der Waals surface area contributed by atoms with Crippen molar-refractivity contribution in [2.24, 2.45) is 5.92 Å². The molecule has 2 aromatic rings. The van der Waals surface area contributed by atoms with E-state index in [-0.39, 0.29) is 11.8 Å². The van der Waals surface area contributed by atoms with E-state index < -0.39 is 5.92 Å². The number of methoxy groups -OCH3 is 1. The molecule has 0 spiro atoms. The molecule has 5 nitrogen and oxygen atoms in total. The molecule has 2 aromatic carbocycles. The summed E-state index contributed by atoms with van der Waals surface area (Å²) in [6.07, 6.45) is 0.446. The fraction of sp³-hybridized carbons (Fsp3) is 0.222. The van der Waals surface area contributed by atoms with Crippen LogP contribution in [0.5, 0.6) is 5.75 Å². The van der Waals surface area contributed by atoms with Crippen LogP contribution >= 0.6 is 23.2 Å². The Kier molecular flexibility index (Phi) is 5.16. The van der Waals surface area contributed by atoms with Crippen molar-refractivity contribution in [3.63, 3.8) is 0 Å². The van der Waals surface area contributed by atoms with E-state index in [1.54, 1.807) is 47.4 Å². The number of hydrogen-bond donors (Lipinski definition) is 1. The first-order valence-corrected chi connectivity index (χ1v) is 8.46. The Balaban J connectivity index is 1.71. The predicted octanol–water partition coefficient (Wildman–Crippen LogP) is 3.99. The molecule has 130 valence electrons. The summed E-state index contributed by atoms with van der Waals surface area (Å²) in [4.78, 5) is 26.7. The predicted molar refractivity (Wildman–Crippen MR) is 98.5 cm³/mol. The topological polar surface area (TPSA) is 58.6 Å². The largest absolute Gasteiger partial charge is 0.497 e. The van der Waals surface area contributed by atoms with Crippen LogP contribution in [0.15, 0.2) is 42.5 Å². The van der Waals surface area contributed by atoms with E-state index >= 15 is 0 Å². The summed E-state index contributed by atoms with van der Waals surface area (Å²) in [5.74, 6) is -0.749. The average Bonchev–Trinajstić information content (AvgIpc) is 2.99. The number of halogens is 2. The highest BCUT2D eigenvalue weighted by molar-refractivity contribution is 6.34. The van der Waals surface area contributed by atoms with Crippen LogP contribution in [0.25, 0.3) is 0 Å². The van der Waals surface area contributed by atoms with E-state index in [0.717, 1.165) is 5.69 Å². The van der Waals surface area contributed by atoms with Crippen LogP contribution in [-0.4, -0.2) is 25.5 Å². The van der Waals surface area contributed by atoms with Gasteiger partial charge in [0.2, 0.25) is 11.8 Å². The van der Waals surface area contributed by atoms with E-state index in [9.17, 15) is 9.59 Å². The van der Waals surface area contributed by atoms with Crippen LogP contribution in [0.2, 0.25) is 10.0 Å². The van der Waals surface area contributed by atoms with E-state index in [1.165, 1.54) is 7.11 Å². The first-order chi connectivity index (χ1) is 12.0. The number of nitrogens with one attached hydrogen (secondary N) is 1. The van der Waals surface area contributed by atoms with Crippen molar-refractivity contribution in [3.05, 3.63) is 52.5 Å². The fourth-order valence-electron chi connectivity index (χ4n) is 2.74. The summed E-state index contributed by atoms with van der Waals surface area (Å²) in [5.41, 5.74) is 1.18.